The van der Waals surface area contributed by atoms with Gasteiger partial charge in [-0.05, 0) is 23.8 Å². The highest BCUT2D eigenvalue weighted by Gasteiger charge is 2.05. The number of carbonyl (C=O) groups is 1. The first-order chi connectivity index (χ1) is 6.63. The number of aliphatic hydroxyl groups is 1. The van der Waals surface area contributed by atoms with Crippen LogP contribution in [0.2, 0.25) is 0 Å². The summed E-state index contributed by atoms with van der Waals surface area (Å²) in [5, 5.41) is 18.1. The molecule has 0 atom stereocenters. The van der Waals surface area contributed by atoms with Gasteiger partial charge in [0, 0.05) is 0 Å². The largest absolute Gasteiger partial charge is 0.508 e. The highest BCUT2D eigenvalue weighted by molar-refractivity contribution is 5.90. The van der Waals surface area contributed by atoms with Gasteiger partial charge in [0.25, 0.3) is 0 Å². The Morgan fingerprint density at radius 3 is 2.43 bits per heavy atom. The summed E-state index contributed by atoms with van der Waals surface area (Å²) >= 11 is 0. The van der Waals surface area contributed by atoms with Gasteiger partial charge in [0.2, 0.25) is 5.76 Å². The third-order valence-electron chi connectivity index (χ3n) is 1.59. The Bertz CT molecular complexity index is 351. The summed E-state index contributed by atoms with van der Waals surface area (Å²) in [5.41, 5.74) is 0.603. The number of aromatic hydroxyl groups is 1. The lowest BCUT2D eigenvalue weighted by Crippen LogP contribution is -2.03. The topological polar surface area (TPSA) is 66.8 Å². The van der Waals surface area contributed by atoms with Crippen LogP contribution in [0.5, 0.6) is 5.75 Å². The predicted molar refractivity (Wildman–Crippen MR) is 50.7 cm³/mol. The molecule has 0 aliphatic rings. The van der Waals surface area contributed by atoms with Crippen LogP contribution in [-0.4, -0.2) is 23.3 Å². The van der Waals surface area contributed by atoms with Crippen molar-refractivity contribution in [2.75, 3.05) is 7.11 Å². The molecule has 0 saturated heterocycles. The molecule has 0 radical (unpaired) electrons. The van der Waals surface area contributed by atoms with E-state index in [1.807, 2.05) is 0 Å². The molecule has 0 aromatic heterocycles. The number of phenolic OH excluding ortho intramolecular Hbond substituents is 1. The number of benzene rings is 1. The Hall–Kier alpha value is -1.97. The Morgan fingerprint density at radius 1 is 1.36 bits per heavy atom. The summed E-state index contributed by atoms with van der Waals surface area (Å²) in [5.74, 6) is -1.14. The minimum atomic E-state index is -0.793. The van der Waals surface area contributed by atoms with Crippen LogP contribution in [0.1, 0.15) is 5.56 Å². The highest BCUT2D eigenvalue weighted by atomic mass is 16.5. The van der Waals surface area contributed by atoms with Gasteiger partial charge in [-0.25, -0.2) is 4.79 Å². The number of phenols is 1. The molecular formula is C10H10O4. The Balaban J connectivity index is 2.86. The first-order valence-electron chi connectivity index (χ1n) is 3.91. The molecule has 0 aliphatic carbocycles. The maximum Gasteiger partial charge on any atom is 0.373 e. The fourth-order valence-corrected chi connectivity index (χ4v) is 0.892. The van der Waals surface area contributed by atoms with E-state index >= 15 is 0 Å². The van der Waals surface area contributed by atoms with Gasteiger partial charge in [-0.1, -0.05) is 12.1 Å². The second-order valence-electron chi connectivity index (χ2n) is 2.61. The molecule has 1 aromatic rings. The average molecular weight is 194 g/mol. The van der Waals surface area contributed by atoms with Crippen LogP contribution in [0.25, 0.3) is 6.08 Å². The molecule has 0 saturated carbocycles. The smallest absolute Gasteiger partial charge is 0.373 e. The van der Waals surface area contributed by atoms with Crippen molar-refractivity contribution in [2.24, 2.45) is 0 Å². The molecule has 4 heteroatoms. The number of hydrogen-bond acceptors (Lipinski definition) is 4. The Morgan fingerprint density at radius 2 is 1.93 bits per heavy atom. The number of methoxy groups -OCH3 is 1. The summed E-state index contributed by atoms with van der Waals surface area (Å²) < 4.78 is 4.30. The third-order valence-corrected chi connectivity index (χ3v) is 1.59. The van der Waals surface area contributed by atoms with Crippen molar-refractivity contribution in [3.63, 3.8) is 0 Å². The minimum Gasteiger partial charge on any atom is -0.508 e. The number of esters is 1. The van der Waals surface area contributed by atoms with Gasteiger partial charge in [-0.3, -0.25) is 0 Å². The van der Waals surface area contributed by atoms with Gasteiger partial charge in [0.1, 0.15) is 5.75 Å². The van der Waals surface area contributed by atoms with E-state index < -0.39 is 11.7 Å². The molecule has 1 rings (SSSR count). The maximum absolute atomic E-state index is 10.8. The van der Waals surface area contributed by atoms with Crippen molar-refractivity contribution < 1.29 is 19.7 Å². The van der Waals surface area contributed by atoms with Crippen LogP contribution >= 0.6 is 0 Å². The molecule has 14 heavy (non-hydrogen) atoms. The highest BCUT2D eigenvalue weighted by Crippen LogP contribution is 2.12. The number of ether oxygens (including phenoxy) is 1. The lowest BCUT2D eigenvalue weighted by molar-refractivity contribution is -0.138. The second-order valence-corrected chi connectivity index (χ2v) is 2.61. The minimum absolute atomic E-state index is 0.125. The van der Waals surface area contributed by atoms with Gasteiger partial charge in [0.05, 0.1) is 7.11 Å². The fraction of sp³-hybridized carbons (Fsp3) is 0.100. The molecule has 0 unspecified atom stereocenters. The zero-order chi connectivity index (χ0) is 10.6. The molecule has 1 aromatic carbocycles. The predicted octanol–water partition coefficient (Wildman–Crippen LogP) is 1.46. The van der Waals surface area contributed by atoms with Crippen molar-refractivity contribution in [2.45, 2.75) is 0 Å². The molecule has 0 amide bonds. The molecule has 0 fully saturated rings. The lowest BCUT2D eigenvalue weighted by atomic mass is 10.2. The monoisotopic (exact) mass is 194 g/mol. The van der Waals surface area contributed by atoms with Gasteiger partial charge in [-0.15, -0.1) is 0 Å². The molecule has 0 aliphatic heterocycles. The van der Waals surface area contributed by atoms with E-state index in [1.165, 1.54) is 25.3 Å². The number of aliphatic hydroxyl groups excluding tert-OH is 1. The summed E-state index contributed by atoms with van der Waals surface area (Å²) in [7, 11) is 1.18. The van der Waals surface area contributed by atoms with Crippen LogP contribution in [0, 0.1) is 0 Å². The summed E-state index contributed by atoms with van der Waals surface area (Å²) in [6.07, 6.45) is 1.26. The quantitative estimate of drug-likeness (QED) is 0.425. The van der Waals surface area contributed by atoms with Gasteiger partial charge in [-0.2, -0.15) is 0 Å². The van der Waals surface area contributed by atoms with Gasteiger partial charge in [0.15, 0.2) is 0 Å². The molecule has 0 spiro atoms. The van der Waals surface area contributed by atoms with Crippen LogP contribution in [0.3, 0.4) is 0 Å². The van der Waals surface area contributed by atoms with Gasteiger partial charge >= 0.3 is 5.97 Å². The molecule has 0 heterocycles. The van der Waals surface area contributed by atoms with Gasteiger partial charge < -0.3 is 14.9 Å². The average Bonchev–Trinajstić information content (AvgIpc) is 2.20. The van der Waals surface area contributed by atoms with Crippen molar-refractivity contribution in [3.8, 4) is 5.75 Å². The number of carbonyl (C=O) groups excluding carboxylic acids is 1. The lowest BCUT2D eigenvalue weighted by Gasteiger charge is -1.98. The number of rotatable bonds is 2. The van der Waals surface area contributed by atoms with Crippen molar-refractivity contribution in [1.82, 2.24) is 0 Å². The third kappa shape index (κ3) is 2.52. The standard InChI is InChI=1S/C10H10O4/c1-14-10(13)9(12)6-7-2-4-8(11)5-3-7/h2-6,11-12H,1H3/b9-6+. The maximum atomic E-state index is 10.8. The first-order valence-corrected chi connectivity index (χ1v) is 3.91. The van der Waals surface area contributed by atoms with Crippen molar-refractivity contribution in [1.29, 1.82) is 0 Å². The van der Waals surface area contributed by atoms with E-state index in [9.17, 15) is 4.79 Å². The van der Waals surface area contributed by atoms with Crippen LogP contribution in [0.4, 0.5) is 0 Å². The molecule has 4 nitrogen and oxygen atoms in total. The Kier molecular flexibility index (Phi) is 3.12. The van der Waals surface area contributed by atoms with E-state index in [4.69, 9.17) is 10.2 Å². The zero-order valence-electron chi connectivity index (χ0n) is 7.60. The fourth-order valence-electron chi connectivity index (χ4n) is 0.892. The summed E-state index contributed by atoms with van der Waals surface area (Å²) in [6, 6.07) is 6.04. The zero-order valence-corrected chi connectivity index (χ0v) is 7.60. The summed E-state index contributed by atoms with van der Waals surface area (Å²) in [6.45, 7) is 0. The van der Waals surface area contributed by atoms with Crippen LogP contribution in [-0.2, 0) is 9.53 Å². The van der Waals surface area contributed by atoms with E-state index in [-0.39, 0.29) is 5.75 Å². The molecule has 2 N–H and O–H groups in total. The second kappa shape index (κ2) is 4.32. The summed E-state index contributed by atoms with van der Waals surface area (Å²) in [4.78, 5) is 10.8. The van der Waals surface area contributed by atoms with E-state index in [2.05, 4.69) is 4.74 Å². The first kappa shape index (κ1) is 10.1. The van der Waals surface area contributed by atoms with Crippen molar-refractivity contribution >= 4 is 12.0 Å². The van der Waals surface area contributed by atoms with E-state index in [0.29, 0.717) is 5.56 Å². The Labute approximate surface area is 81.1 Å². The van der Waals surface area contributed by atoms with E-state index in [0.717, 1.165) is 0 Å². The normalized spacial score (nSPS) is 11.1. The van der Waals surface area contributed by atoms with E-state index in [1.54, 1.807) is 12.1 Å². The molecular weight excluding hydrogens is 184 g/mol. The number of hydrogen-bond donors (Lipinski definition) is 2. The molecule has 0 bridgehead atoms. The SMILES string of the molecule is COC(=O)/C(O)=C\c1ccc(O)cc1. The van der Waals surface area contributed by atoms with Crippen LogP contribution < -0.4 is 0 Å². The van der Waals surface area contributed by atoms with Crippen LogP contribution in [0.15, 0.2) is 30.0 Å². The molecule has 74 valence electrons. The van der Waals surface area contributed by atoms with Crippen molar-refractivity contribution in [3.05, 3.63) is 35.6 Å².